The number of hydrogen-bond donors (Lipinski definition) is 3. The highest BCUT2D eigenvalue weighted by molar-refractivity contribution is 5.74. The number of carbonyl (C=O) groups is 2. The van der Waals surface area contributed by atoms with E-state index in [1.165, 1.54) is 6.07 Å². The fourth-order valence-electron chi connectivity index (χ4n) is 1.76. The van der Waals surface area contributed by atoms with Crippen molar-refractivity contribution in [2.45, 2.75) is 32.2 Å². The maximum Gasteiger partial charge on any atom is 0.315 e. The molecule has 1 aromatic carbocycles. The van der Waals surface area contributed by atoms with E-state index in [9.17, 15) is 14.0 Å². The maximum absolute atomic E-state index is 13.4. The summed E-state index contributed by atoms with van der Waals surface area (Å²) in [5.41, 5.74) is 0.547. The monoisotopic (exact) mass is 282 g/mol. The minimum absolute atomic E-state index is 0.0189. The Labute approximate surface area is 117 Å². The zero-order valence-electron chi connectivity index (χ0n) is 11.4. The zero-order valence-corrected chi connectivity index (χ0v) is 11.4. The van der Waals surface area contributed by atoms with Gasteiger partial charge >= 0.3 is 12.0 Å². The van der Waals surface area contributed by atoms with Gasteiger partial charge < -0.3 is 15.7 Å². The molecule has 0 spiro atoms. The average molecular weight is 282 g/mol. The van der Waals surface area contributed by atoms with Crippen LogP contribution in [0.2, 0.25) is 0 Å². The van der Waals surface area contributed by atoms with Crippen molar-refractivity contribution in [3.63, 3.8) is 0 Å². The highest BCUT2D eigenvalue weighted by Gasteiger charge is 2.10. The van der Waals surface area contributed by atoms with Crippen LogP contribution >= 0.6 is 0 Å². The van der Waals surface area contributed by atoms with Crippen LogP contribution in [0.5, 0.6) is 0 Å². The highest BCUT2D eigenvalue weighted by Crippen LogP contribution is 2.08. The van der Waals surface area contributed by atoms with Gasteiger partial charge in [0.05, 0.1) is 0 Å². The van der Waals surface area contributed by atoms with Crippen molar-refractivity contribution in [3.05, 3.63) is 35.6 Å². The molecular formula is C14H19FN2O3. The van der Waals surface area contributed by atoms with Crippen LogP contribution in [-0.4, -0.2) is 29.7 Å². The first kappa shape index (κ1) is 15.9. The summed E-state index contributed by atoms with van der Waals surface area (Å²) in [7, 11) is 0. The van der Waals surface area contributed by atoms with E-state index in [0.29, 0.717) is 24.9 Å². The lowest BCUT2D eigenvalue weighted by Gasteiger charge is -2.15. The smallest absolute Gasteiger partial charge is 0.315 e. The standard InChI is InChI=1S/C14H19FN2O3/c1-10(9-11-5-2-3-6-12(11)15)17-14(20)16-8-4-7-13(18)19/h2-3,5-6,10H,4,7-9H2,1H3,(H,18,19)(H2,16,17,20). The quantitative estimate of drug-likeness (QED) is 0.669. The van der Waals surface area contributed by atoms with Crippen LogP contribution in [0.3, 0.4) is 0 Å². The third-order valence-corrected chi connectivity index (χ3v) is 2.71. The van der Waals surface area contributed by atoms with Crippen LogP contribution in [-0.2, 0) is 11.2 Å². The Bertz CT molecular complexity index is 465. The molecule has 1 rings (SSSR count). The number of benzene rings is 1. The second-order valence-corrected chi connectivity index (χ2v) is 4.59. The van der Waals surface area contributed by atoms with Gasteiger partial charge in [-0.15, -0.1) is 0 Å². The molecule has 0 saturated carbocycles. The third-order valence-electron chi connectivity index (χ3n) is 2.71. The van der Waals surface area contributed by atoms with Crippen LogP contribution in [0.25, 0.3) is 0 Å². The van der Waals surface area contributed by atoms with Crippen molar-refractivity contribution in [2.24, 2.45) is 0 Å². The molecule has 0 aliphatic carbocycles. The van der Waals surface area contributed by atoms with E-state index in [-0.39, 0.29) is 24.3 Å². The topological polar surface area (TPSA) is 78.4 Å². The van der Waals surface area contributed by atoms with Gasteiger partial charge in [0.15, 0.2) is 0 Å². The van der Waals surface area contributed by atoms with E-state index in [2.05, 4.69) is 10.6 Å². The number of hydrogen-bond acceptors (Lipinski definition) is 2. The number of halogens is 1. The van der Waals surface area contributed by atoms with E-state index in [1.807, 2.05) is 0 Å². The number of carboxylic acids is 1. The first-order chi connectivity index (χ1) is 9.49. The van der Waals surface area contributed by atoms with Crippen molar-refractivity contribution in [1.82, 2.24) is 10.6 Å². The Balaban J connectivity index is 2.28. The van der Waals surface area contributed by atoms with E-state index < -0.39 is 5.97 Å². The summed E-state index contributed by atoms with van der Waals surface area (Å²) >= 11 is 0. The Morgan fingerprint density at radius 2 is 2.05 bits per heavy atom. The van der Waals surface area contributed by atoms with Crippen LogP contribution in [0, 0.1) is 5.82 Å². The molecule has 0 heterocycles. The molecule has 0 aromatic heterocycles. The van der Waals surface area contributed by atoms with Gasteiger partial charge in [0.25, 0.3) is 0 Å². The van der Waals surface area contributed by atoms with Gasteiger partial charge in [0.2, 0.25) is 0 Å². The molecule has 3 N–H and O–H groups in total. The van der Waals surface area contributed by atoms with Gasteiger partial charge in [-0.25, -0.2) is 9.18 Å². The minimum Gasteiger partial charge on any atom is -0.481 e. The Morgan fingerprint density at radius 3 is 2.70 bits per heavy atom. The summed E-state index contributed by atoms with van der Waals surface area (Å²) in [5.74, 6) is -1.18. The largest absolute Gasteiger partial charge is 0.481 e. The lowest BCUT2D eigenvalue weighted by molar-refractivity contribution is -0.137. The summed E-state index contributed by atoms with van der Waals surface area (Å²) in [6.45, 7) is 2.08. The number of carboxylic acid groups (broad SMARTS) is 1. The Hall–Kier alpha value is -2.11. The number of aliphatic carboxylic acids is 1. The molecule has 0 radical (unpaired) electrons. The van der Waals surface area contributed by atoms with Gasteiger partial charge in [-0.05, 0) is 31.4 Å². The Kier molecular flexibility index (Phi) is 6.49. The normalized spacial score (nSPS) is 11.7. The van der Waals surface area contributed by atoms with E-state index in [4.69, 9.17) is 5.11 Å². The number of nitrogens with one attached hydrogen (secondary N) is 2. The molecule has 5 nitrogen and oxygen atoms in total. The molecule has 1 aromatic rings. The van der Waals surface area contributed by atoms with Crippen molar-refractivity contribution in [3.8, 4) is 0 Å². The molecule has 1 atom stereocenters. The Morgan fingerprint density at radius 1 is 1.35 bits per heavy atom. The summed E-state index contributed by atoms with van der Waals surface area (Å²) in [6, 6.07) is 5.83. The fourth-order valence-corrected chi connectivity index (χ4v) is 1.76. The molecule has 0 bridgehead atoms. The van der Waals surface area contributed by atoms with Crippen LogP contribution in [0.4, 0.5) is 9.18 Å². The lowest BCUT2D eigenvalue weighted by Crippen LogP contribution is -2.42. The van der Waals surface area contributed by atoms with E-state index >= 15 is 0 Å². The predicted molar refractivity (Wildman–Crippen MR) is 73.0 cm³/mol. The first-order valence-electron chi connectivity index (χ1n) is 6.48. The first-order valence-corrected chi connectivity index (χ1v) is 6.48. The second kappa shape index (κ2) is 8.14. The summed E-state index contributed by atoms with van der Waals surface area (Å²) < 4.78 is 13.4. The molecule has 110 valence electrons. The van der Waals surface area contributed by atoms with Gasteiger partial charge in [-0.3, -0.25) is 4.79 Å². The van der Waals surface area contributed by atoms with Crippen molar-refractivity contribution >= 4 is 12.0 Å². The maximum atomic E-state index is 13.4. The third kappa shape index (κ3) is 6.17. The number of amides is 2. The van der Waals surface area contributed by atoms with E-state index in [0.717, 1.165) is 0 Å². The summed E-state index contributed by atoms with van der Waals surface area (Å²) in [6.07, 6.45) is 0.796. The average Bonchev–Trinajstić information content (AvgIpc) is 2.37. The van der Waals surface area contributed by atoms with Crippen molar-refractivity contribution in [1.29, 1.82) is 0 Å². The van der Waals surface area contributed by atoms with Gasteiger partial charge in [0, 0.05) is 19.0 Å². The summed E-state index contributed by atoms with van der Waals surface area (Å²) in [4.78, 5) is 21.8. The highest BCUT2D eigenvalue weighted by atomic mass is 19.1. The molecule has 0 aliphatic rings. The SMILES string of the molecule is CC(Cc1ccccc1F)NC(=O)NCCCC(=O)O. The zero-order chi connectivity index (χ0) is 15.0. The molecule has 2 amide bonds. The molecule has 0 fully saturated rings. The molecule has 20 heavy (non-hydrogen) atoms. The van der Waals surface area contributed by atoms with Gasteiger partial charge in [-0.1, -0.05) is 18.2 Å². The fraction of sp³-hybridized carbons (Fsp3) is 0.429. The van der Waals surface area contributed by atoms with Crippen molar-refractivity contribution in [2.75, 3.05) is 6.54 Å². The van der Waals surface area contributed by atoms with Crippen LogP contribution in [0.15, 0.2) is 24.3 Å². The predicted octanol–water partition coefficient (Wildman–Crippen LogP) is 1.92. The minimum atomic E-state index is -0.889. The van der Waals surface area contributed by atoms with Gasteiger partial charge in [0.1, 0.15) is 5.82 Å². The summed E-state index contributed by atoms with van der Waals surface area (Å²) in [5, 5.41) is 13.7. The number of carbonyl (C=O) groups excluding carboxylic acids is 1. The van der Waals surface area contributed by atoms with Gasteiger partial charge in [-0.2, -0.15) is 0 Å². The van der Waals surface area contributed by atoms with Crippen LogP contribution in [0.1, 0.15) is 25.3 Å². The molecule has 0 saturated heterocycles. The number of urea groups is 1. The molecular weight excluding hydrogens is 263 g/mol. The van der Waals surface area contributed by atoms with Crippen molar-refractivity contribution < 1.29 is 19.1 Å². The number of rotatable bonds is 7. The molecule has 6 heteroatoms. The lowest BCUT2D eigenvalue weighted by atomic mass is 10.1. The molecule has 0 aliphatic heterocycles. The second-order valence-electron chi connectivity index (χ2n) is 4.59. The van der Waals surface area contributed by atoms with E-state index in [1.54, 1.807) is 25.1 Å². The molecule has 1 unspecified atom stereocenters. The van der Waals surface area contributed by atoms with Crippen LogP contribution < -0.4 is 10.6 Å².